The van der Waals surface area contributed by atoms with Crippen molar-refractivity contribution in [3.8, 4) is 0 Å². The molecule has 22 heavy (non-hydrogen) atoms. The van der Waals surface area contributed by atoms with Crippen LogP contribution in [0.5, 0.6) is 0 Å². The summed E-state index contributed by atoms with van der Waals surface area (Å²) in [5, 5.41) is 12.9. The Morgan fingerprint density at radius 3 is 2.41 bits per heavy atom. The monoisotopic (exact) mass is 298 g/mol. The topological polar surface area (TPSA) is 75.4 Å². The summed E-state index contributed by atoms with van der Waals surface area (Å²) >= 11 is 0. The van der Waals surface area contributed by atoms with E-state index in [2.05, 4.69) is 5.32 Å². The molecule has 2 unspecified atom stereocenters. The van der Waals surface area contributed by atoms with Crippen molar-refractivity contribution in [3.05, 3.63) is 70.8 Å². The second kappa shape index (κ2) is 7.20. The van der Waals surface area contributed by atoms with Gasteiger partial charge in [0.05, 0.1) is 6.10 Å². The van der Waals surface area contributed by atoms with Crippen molar-refractivity contribution in [3.63, 3.8) is 0 Å². The van der Waals surface area contributed by atoms with Crippen LogP contribution in [-0.4, -0.2) is 17.6 Å². The zero-order chi connectivity index (χ0) is 16.1. The Morgan fingerprint density at radius 2 is 1.77 bits per heavy atom. The van der Waals surface area contributed by atoms with Crippen molar-refractivity contribution in [2.75, 3.05) is 6.54 Å². The molecule has 4 heteroatoms. The van der Waals surface area contributed by atoms with Gasteiger partial charge in [-0.1, -0.05) is 54.1 Å². The van der Waals surface area contributed by atoms with Gasteiger partial charge < -0.3 is 16.2 Å². The molecule has 0 aromatic heterocycles. The summed E-state index contributed by atoms with van der Waals surface area (Å²) in [6.07, 6.45) is -0.740. The average Bonchev–Trinajstić information content (AvgIpc) is 2.52. The van der Waals surface area contributed by atoms with Crippen LogP contribution in [0.25, 0.3) is 0 Å². The van der Waals surface area contributed by atoms with E-state index in [1.54, 1.807) is 0 Å². The van der Waals surface area contributed by atoms with Crippen molar-refractivity contribution in [1.82, 2.24) is 5.32 Å². The Morgan fingerprint density at radius 1 is 1.14 bits per heavy atom. The standard InChI is InChI=1S/C18H22N2O2/c1-12-7-9-14(10-8-12)17(19)18(22)20-11-16(21)15-6-4-3-5-13(15)2/h3-10,16-17,21H,11,19H2,1-2H3,(H,20,22). The fourth-order valence-corrected chi connectivity index (χ4v) is 2.30. The van der Waals surface area contributed by atoms with Crippen molar-refractivity contribution in [1.29, 1.82) is 0 Å². The van der Waals surface area contributed by atoms with Crippen LogP contribution in [0.1, 0.15) is 34.4 Å². The quantitative estimate of drug-likeness (QED) is 0.791. The molecule has 0 bridgehead atoms. The number of carbonyl (C=O) groups excluding carboxylic acids is 1. The SMILES string of the molecule is Cc1ccc(C(N)C(=O)NCC(O)c2ccccc2C)cc1. The number of aliphatic hydroxyl groups is 1. The fraction of sp³-hybridized carbons (Fsp3) is 0.278. The van der Waals surface area contributed by atoms with Crippen molar-refractivity contribution >= 4 is 5.91 Å². The third-order valence-corrected chi connectivity index (χ3v) is 3.74. The molecular formula is C18H22N2O2. The van der Waals surface area contributed by atoms with E-state index in [0.717, 1.165) is 22.3 Å². The van der Waals surface area contributed by atoms with Gasteiger partial charge in [-0.25, -0.2) is 0 Å². The first-order valence-corrected chi connectivity index (χ1v) is 7.32. The van der Waals surface area contributed by atoms with Gasteiger partial charge in [0.15, 0.2) is 0 Å². The maximum absolute atomic E-state index is 12.1. The van der Waals surface area contributed by atoms with E-state index in [1.807, 2.05) is 62.4 Å². The minimum absolute atomic E-state index is 0.142. The summed E-state index contributed by atoms with van der Waals surface area (Å²) in [5.74, 6) is -0.295. The van der Waals surface area contributed by atoms with Crippen molar-refractivity contribution in [2.45, 2.75) is 26.0 Å². The molecule has 0 aliphatic carbocycles. The van der Waals surface area contributed by atoms with Crippen LogP contribution in [0.4, 0.5) is 0 Å². The molecule has 2 aromatic carbocycles. The number of benzene rings is 2. The summed E-state index contributed by atoms with van der Waals surface area (Å²) in [6.45, 7) is 4.05. The first-order chi connectivity index (χ1) is 10.5. The molecule has 0 spiro atoms. The number of aryl methyl sites for hydroxylation is 2. The molecule has 2 rings (SSSR count). The smallest absolute Gasteiger partial charge is 0.241 e. The van der Waals surface area contributed by atoms with Gasteiger partial charge in [-0.3, -0.25) is 4.79 Å². The number of rotatable bonds is 5. The summed E-state index contributed by atoms with van der Waals surface area (Å²) < 4.78 is 0. The van der Waals surface area contributed by atoms with Gasteiger partial charge in [0.25, 0.3) is 0 Å². The Labute approximate surface area is 131 Å². The maximum Gasteiger partial charge on any atom is 0.241 e. The van der Waals surface area contributed by atoms with Crippen molar-refractivity contribution in [2.24, 2.45) is 5.73 Å². The zero-order valence-electron chi connectivity index (χ0n) is 12.9. The molecule has 0 saturated carbocycles. The molecule has 0 heterocycles. The molecule has 4 N–H and O–H groups in total. The first kappa shape index (κ1) is 16.2. The lowest BCUT2D eigenvalue weighted by atomic mass is 10.0. The summed E-state index contributed by atoms with van der Waals surface area (Å²) in [6, 6.07) is 14.4. The summed E-state index contributed by atoms with van der Waals surface area (Å²) in [4.78, 5) is 12.1. The Hall–Kier alpha value is -2.17. The van der Waals surface area contributed by atoms with Gasteiger partial charge in [0.2, 0.25) is 5.91 Å². The van der Waals surface area contributed by atoms with Crippen LogP contribution in [0.3, 0.4) is 0 Å². The van der Waals surface area contributed by atoms with Gasteiger partial charge in [-0.2, -0.15) is 0 Å². The van der Waals surface area contributed by atoms with Crippen molar-refractivity contribution < 1.29 is 9.90 Å². The first-order valence-electron chi connectivity index (χ1n) is 7.32. The number of carbonyl (C=O) groups is 1. The second-order valence-corrected chi connectivity index (χ2v) is 5.51. The lowest BCUT2D eigenvalue weighted by molar-refractivity contribution is -0.122. The maximum atomic E-state index is 12.1. The normalized spacial score (nSPS) is 13.5. The van der Waals surface area contributed by atoms with E-state index < -0.39 is 12.1 Å². The van der Waals surface area contributed by atoms with E-state index in [9.17, 15) is 9.90 Å². The average molecular weight is 298 g/mol. The highest BCUT2D eigenvalue weighted by Gasteiger charge is 2.17. The molecule has 0 aliphatic heterocycles. The Bertz CT molecular complexity index is 638. The molecule has 0 saturated heterocycles. The molecule has 4 nitrogen and oxygen atoms in total. The number of hydrogen-bond donors (Lipinski definition) is 3. The minimum Gasteiger partial charge on any atom is -0.387 e. The Balaban J connectivity index is 1.95. The van der Waals surface area contributed by atoms with E-state index in [-0.39, 0.29) is 12.5 Å². The third kappa shape index (κ3) is 3.93. The van der Waals surface area contributed by atoms with E-state index in [0.29, 0.717) is 0 Å². The summed E-state index contributed by atoms with van der Waals surface area (Å²) in [5.41, 5.74) is 9.63. The van der Waals surface area contributed by atoms with E-state index in [4.69, 9.17) is 5.73 Å². The van der Waals surface area contributed by atoms with Crippen LogP contribution >= 0.6 is 0 Å². The number of nitrogens with two attached hydrogens (primary N) is 1. The van der Waals surface area contributed by atoms with Crippen LogP contribution in [0.15, 0.2) is 48.5 Å². The molecule has 0 aliphatic rings. The molecule has 1 amide bonds. The number of nitrogens with one attached hydrogen (secondary N) is 1. The Kier molecular flexibility index (Phi) is 5.31. The predicted molar refractivity (Wildman–Crippen MR) is 87.3 cm³/mol. The molecule has 0 radical (unpaired) electrons. The van der Waals surface area contributed by atoms with Crippen LogP contribution in [0.2, 0.25) is 0 Å². The molecule has 0 fully saturated rings. The highest BCUT2D eigenvalue weighted by Crippen LogP contribution is 2.17. The number of aliphatic hydroxyl groups excluding tert-OH is 1. The molecule has 116 valence electrons. The zero-order valence-corrected chi connectivity index (χ0v) is 12.9. The van der Waals surface area contributed by atoms with Crippen LogP contribution in [-0.2, 0) is 4.79 Å². The highest BCUT2D eigenvalue weighted by molar-refractivity contribution is 5.82. The second-order valence-electron chi connectivity index (χ2n) is 5.51. The van der Waals surface area contributed by atoms with E-state index in [1.165, 1.54) is 0 Å². The van der Waals surface area contributed by atoms with Crippen LogP contribution in [0, 0.1) is 13.8 Å². The van der Waals surface area contributed by atoms with Crippen LogP contribution < -0.4 is 11.1 Å². The lowest BCUT2D eigenvalue weighted by Gasteiger charge is -2.17. The van der Waals surface area contributed by atoms with Gasteiger partial charge in [-0.05, 0) is 30.5 Å². The molecule has 2 aromatic rings. The highest BCUT2D eigenvalue weighted by atomic mass is 16.3. The van der Waals surface area contributed by atoms with E-state index >= 15 is 0 Å². The minimum atomic E-state index is -0.740. The lowest BCUT2D eigenvalue weighted by Crippen LogP contribution is -2.36. The van der Waals surface area contributed by atoms with Gasteiger partial charge in [0.1, 0.15) is 6.04 Å². The predicted octanol–water partition coefficient (Wildman–Crippen LogP) is 2.15. The van der Waals surface area contributed by atoms with Gasteiger partial charge >= 0.3 is 0 Å². The van der Waals surface area contributed by atoms with Gasteiger partial charge in [-0.15, -0.1) is 0 Å². The number of hydrogen-bond acceptors (Lipinski definition) is 3. The molecule has 2 atom stereocenters. The largest absolute Gasteiger partial charge is 0.387 e. The number of amides is 1. The third-order valence-electron chi connectivity index (χ3n) is 3.74. The van der Waals surface area contributed by atoms with Gasteiger partial charge in [0, 0.05) is 6.54 Å². The fourth-order valence-electron chi connectivity index (χ4n) is 2.30. The summed E-state index contributed by atoms with van der Waals surface area (Å²) in [7, 11) is 0. The molecular weight excluding hydrogens is 276 g/mol.